The predicted molar refractivity (Wildman–Crippen MR) is 88.0 cm³/mol. The Morgan fingerprint density at radius 3 is 2.95 bits per heavy atom. The molecule has 0 saturated carbocycles. The first-order valence-corrected chi connectivity index (χ1v) is 8.16. The zero-order valence-corrected chi connectivity index (χ0v) is 13.4. The van der Waals surface area contributed by atoms with E-state index in [1.54, 1.807) is 11.8 Å². The summed E-state index contributed by atoms with van der Waals surface area (Å²) in [7, 11) is 0. The van der Waals surface area contributed by atoms with Crippen molar-refractivity contribution in [3.05, 3.63) is 35.4 Å². The first-order chi connectivity index (χ1) is 9.75. The lowest BCUT2D eigenvalue weighted by atomic mass is 10.0. The molecule has 1 aromatic carbocycles. The largest absolute Gasteiger partial charge is 0.391 e. The molecule has 1 saturated heterocycles. The third-order valence-electron chi connectivity index (χ3n) is 4.07. The third kappa shape index (κ3) is 3.72. The molecule has 2 heterocycles. The normalized spacial score (nSPS) is 27.6. The molecule has 21 heavy (non-hydrogen) atoms. The van der Waals surface area contributed by atoms with E-state index in [1.165, 1.54) is 5.56 Å². The van der Waals surface area contributed by atoms with Gasteiger partial charge in [0.1, 0.15) is 5.25 Å². The summed E-state index contributed by atoms with van der Waals surface area (Å²) in [6.07, 6.45) is 0.692. The van der Waals surface area contributed by atoms with Crippen LogP contribution in [-0.4, -0.2) is 42.5 Å². The predicted octanol–water partition coefficient (Wildman–Crippen LogP) is 1.14. The number of β-amino-alcohol motifs (C(OH)–C–C–N with tert-alkyl or cyclic N) is 1. The van der Waals surface area contributed by atoms with E-state index in [1.807, 2.05) is 12.1 Å². The number of amides is 1. The van der Waals surface area contributed by atoms with E-state index in [0.717, 1.165) is 24.3 Å². The second-order valence-electron chi connectivity index (χ2n) is 5.43. The summed E-state index contributed by atoms with van der Waals surface area (Å²) in [4.78, 5) is 12.4. The smallest absolute Gasteiger partial charge is 0.237 e. The molecule has 2 aliphatic heterocycles. The van der Waals surface area contributed by atoms with Gasteiger partial charge in [-0.25, -0.2) is 0 Å². The van der Waals surface area contributed by atoms with E-state index in [4.69, 9.17) is 0 Å². The maximum atomic E-state index is 12.4. The van der Waals surface area contributed by atoms with Crippen molar-refractivity contribution in [3.63, 3.8) is 0 Å². The highest BCUT2D eigenvalue weighted by molar-refractivity contribution is 8.00. The highest BCUT2D eigenvalue weighted by Crippen LogP contribution is 2.36. The van der Waals surface area contributed by atoms with Crippen LogP contribution in [0.15, 0.2) is 24.3 Å². The summed E-state index contributed by atoms with van der Waals surface area (Å²) in [5, 5.41) is 15.8. The van der Waals surface area contributed by atoms with Crippen molar-refractivity contribution in [2.75, 3.05) is 25.4 Å². The van der Waals surface area contributed by atoms with E-state index in [0.29, 0.717) is 13.1 Å². The molecule has 3 N–H and O–H groups in total. The van der Waals surface area contributed by atoms with Gasteiger partial charge in [0.05, 0.1) is 6.10 Å². The van der Waals surface area contributed by atoms with Crippen molar-refractivity contribution < 1.29 is 9.90 Å². The Balaban J connectivity index is 0.00000161. The fraction of sp³-hybridized carbons (Fsp3) is 0.533. The van der Waals surface area contributed by atoms with Gasteiger partial charge >= 0.3 is 0 Å². The van der Waals surface area contributed by atoms with Crippen molar-refractivity contribution >= 4 is 30.1 Å². The third-order valence-corrected chi connectivity index (χ3v) is 5.32. The number of aliphatic hydroxyl groups excluding tert-OH is 1. The summed E-state index contributed by atoms with van der Waals surface area (Å²) in [5.41, 5.74) is 2.43. The zero-order valence-electron chi connectivity index (χ0n) is 11.7. The van der Waals surface area contributed by atoms with Crippen molar-refractivity contribution in [3.8, 4) is 0 Å². The Hall–Kier alpha value is -0.750. The first kappa shape index (κ1) is 16.6. The lowest BCUT2D eigenvalue weighted by Crippen LogP contribution is -2.37. The van der Waals surface area contributed by atoms with E-state index >= 15 is 0 Å². The standard InChI is InChI=1S/C15H20N2O2S.ClH/c18-13-9-16-7-11(13)8-17-15(19)14-12-4-2-1-3-10(12)5-6-20-14;/h1-4,11,13-14,16,18H,5-9H2,(H,17,19);1H. The summed E-state index contributed by atoms with van der Waals surface area (Å²) >= 11 is 1.71. The number of aryl methyl sites for hydroxylation is 1. The highest BCUT2D eigenvalue weighted by Gasteiger charge is 2.29. The molecule has 0 radical (unpaired) electrons. The fourth-order valence-corrected chi connectivity index (χ4v) is 4.08. The Labute approximate surface area is 135 Å². The van der Waals surface area contributed by atoms with Gasteiger partial charge in [-0.3, -0.25) is 4.79 Å². The molecule has 1 aromatic rings. The van der Waals surface area contributed by atoms with Crippen LogP contribution < -0.4 is 10.6 Å². The van der Waals surface area contributed by atoms with Gasteiger partial charge < -0.3 is 15.7 Å². The zero-order chi connectivity index (χ0) is 13.9. The minimum atomic E-state index is -0.346. The topological polar surface area (TPSA) is 61.4 Å². The number of hydrogen-bond donors (Lipinski definition) is 3. The van der Waals surface area contributed by atoms with Crippen LogP contribution in [0.25, 0.3) is 0 Å². The van der Waals surface area contributed by atoms with Gasteiger partial charge in [-0.2, -0.15) is 0 Å². The number of nitrogens with one attached hydrogen (secondary N) is 2. The number of fused-ring (bicyclic) bond motifs is 1. The van der Waals surface area contributed by atoms with E-state index < -0.39 is 0 Å². The van der Waals surface area contributed by atoms with Crippen LogP contribution >= 0.6 is 24.2 Å². The molecule has 1 fully saturated rings. The van der Waals surface area contributed by atoms with Crippen LogP contribution in [0.5, 0.6) is 0 Å². The van der Waals surface area contributed by atoms with Gasteiger partial charge in [-0.1, -0.05) is 24.3 Å². The highest BCUT2D eigenvalue weighted by atomic mass is 35.5. The number of thioether (sulfide) groups is 1. The molecule has 1 amide bonds. The molecular formula is C15H21ClN2O2S. The Kier molecular flexibility index (Phi) is 5.93. The number of carbonyl (C=O) groups is 1. The molecule has 116 valence electrons. The minimum absolute atomic E-state index is 0. The molecule has 6 heteroatoms. The van der Waals surface area contributed by atoms with Gasteiger partial charge in [0.25, 0.3) is 0 Å². The van der Waals surface area contributed by atoms with Crippen LogP contribution in [0, 0.1) is 5.92 Å². The molecular weight excluding hydrogens is 308 g/mol. The summed E-state index contributed by atoms with van der Waals surface area (Å²) in [6, 6.07) is 8.19. The maximum Gasteiger partial charge on any atom is 0.237 e. The van der Waals surface area contributed by atoms with Crippen molar-refractivity contribution in [2.45, 2.75) is 17.8 Å². The van der Waals surface area contributed by atoms with E-state index in [2.05, 4.69) is 22.8 Å². The van der Waals surface area contributed by atoms with Gasteiger partial charge in [0, 0.05) is 25.6 Å². The van der Waals surface area contributed by atoms with Gasteiger partial charge in [0.15, 0.2) is 0 Å². The van der Waals surface area contributed by atoms with Crippen LogP contribution in [0.3, 0.4) is 0 Å². The molecule has 0 bridgehead atoms. The van der Waals surface area contributed by atoms with Crippen LogP contribution in [0.2, 0.25) is 0 Å². The SMILES string of the molecule is Cl.O=C(NCC1CNCC1O)C1SCCc2ccccc21. The summed E-state index contributed by atoms with van der Waals surface area (Å²) < 4.78 is 0. The maximum absolute atomic E-state index is 12.4. The minimum Gasteiger partial charge on any atom is -0.391 e. The number of carbonyl (C=O) groups excluding carboxylic acids is 1. The Morgan fingerprint density at radius 2 is 2.19 bits per heavy atom. The average molecular weight is 329 g/mol. The van der Waals surface area contributed by atoms with Crippen molar-refractivity contribution in [1.82, 2.24) is 10.6 Å². The quantitative estimate of drug-likeness (QED) is 0.778. The summed E-state index contributed by atoms with van der Waals surface area (Å²) in [6.45, 7) is 1.95. The average Bonchev–Trinajstić information content (AvgIpc) is 2.89. The molecule has 2 aliphatic rings. The second kappa shape index (κ2) is 7.49. The lowest BCUT2D eigenvalue weighted by Gasteiger charge is -2.25. The van der Waals surface area contributed by atoms with Gasteiger partial charge in [-0.15, -0.1) is 24.2 Å². The lowest BCUT2D eigenvalue weighted by molar-refractivity contribution is -0.120. The molecule has 0 aromatic heterocycles. The Bertz CT molecular complexity index is 500. The van der Waals surface area contributed by atoms with E-state index in [9.17, 15) is 9.90 Å². The number of hydrogen-bond acceptors (Lipinski definition) is 4. The molecule has 0 aliphatic carbocycles. The number of aliphatic hydroxyl groups is 1. The Morgan fingerprint density at radius 1 is 1.38 bits per heavy atom. The first-order valence-electron chi connectivity index (χ1n) is 7.11. The molecule has 3 rings (SSSR count). The fourth-order valence-electron chi connectivity index (χ4n) is 2.86. The number of halogens is 1. The molecule has 0 spiro atoms. The van der Waals surface area contributed by atoms with Crippen LogP contribution in [-0.2, 0) is 11.2 Å². The van der Waals surface area contributed by atoms with Crippen molar-refractivity contribution in [2.24, 2.45) is 5.92 Å². The summed E-state index contributed by atoms with van der Waals surface area (Å²) in [5.74, 6) is 1.19. The number of rotatable bonds is 3. The molecule has 4 nitrogen and oxygen atoms in total. The van der Waals surface area contributed by atoms with Crippen LogP contribution in [0.1, 0.15) is 16.4 Å². The molecule has 3 atom stereocenters. The monoisotopic (exact) mass is 328 g/mol. The van der Waals surface area contributed by atoms with Gasteiger partial charge in [0.2, 0.25) is 5.91 Å². The van der Waals surface area contributed by atoms with Crippen LogP contribution in [0.4, 0.5) is 0 Å². The molecule has 3 unspecified atom stereocenters. The second-order valence-corrected chi connectivity index (χ2v) is 6.64. The van der Waals surface area contributed by atoms with Crippen molar-refractivity contribution in [1.29, 1.82) is 0 Å². The number of benzene rings is 1. The van der Waals surface area contributed by atoms with Gasteiger partial charge in [-0.05, 0) is 23.3 Å². The van der Waals surface area contributed by atoms with E-state index in [-0.39, 0.29) is 35.6 Å².